The number of aliphatic hydroxyl groups is 1. The molecule has 0 radical (unpaired) electrons. The van der Waals surface area contributed by atoms with Gasteiger partial charge in [-0.3, -0.25) is 0 Å². The molecule has 0 amide bonds. The van der Waals surface area contributed by atoms with Gasteiger partial charge >= 0.3 is 0 Å². The lowest BCUT2D eigenvalue weighted by molar-refractivity contribution is 0.0728. The highest BCUT2D eigenvalue weighted by Crippen LogP contribution is 2.31. The Morgan fingerprint density at radius 3 is 2.60 bits per heavy atom. The Morgan fingerprint density at radius 2 is 2.10 bits per heavy atom. The first kappa shape index (κ1) is 15.1. The zero-order valence-electron chi connectivity index (χ0n) is 11.4. The van der Waals surface area contributed by atoms with E-state index in [9.17, 15) is 13.5 Å². The summed E-state index contributed by atoms with van der Waals surface area (Å²) in [6.07, 6.45) is -1.79. The first-order valence-electron chi connectivity index (χ1n) is 6.31. The first-order valence-corrected chi connectivity index (χ1v) is 8.13. The number of aliphatic hydroxyl groups excluding tert-OH is 1. The molecule has 0 spiro atoms. The van der Waals surface area contributed by atoms with Crippen LogP contribution in [0.3, 0.4) is 0 Å². The van der Waals surface area contributed by atoms with E-state index in [4.69, 9.17) is 15.2 Å². The van der Waals surface area contributed by atoms with E-state index in [0.717, 1.165) is 5.56 Å². The number of rotatable bonds is 4. The van der Waals surface area contributed by atoms with Gasteiger partial charge in [-0.05, 0) is 13.0 Å². The fraction of sp³-hybridized carbons (Fsp3) is 0.538. The lowest BCUT2D eigenvalue weighted by Crippen LogP contribution is -2.30. The third-order valence-electron chi connectivity index (χ3n) is 3.26. The van der Waals surface area contributed by atoms with Crippen molar-refractivity contribution >= 4 is 9.84 Å². The number of ether oxygens (including phenoxy) is 2. The van der Waals surface area contributed by atoms with E-state index >= 15 is 0 Å². The largest absolute Gasteiger partial charge is 0.497 e. The topological polar surface area (TPSA) is 98.9 Å². The minimum absolute atomic E-state index is 0.191. The average molecular weight is 301 g/mol. The highest BCUT2D eigenvalue weighted by molar-refractivity contribution is 7.91. The van der Waals surface area contributed by atoms with Crippen molar-refractivity contribution in [3.05, 3.63) is 23.8 Å². The van der Waals surface area contributed by atoms with Gasteiger partial charge in [0.2, 0.25) is 0 Å². The molecule has 1 aliphatic rings. The Bertz CT molecular complexity index is 584. The minimum Gasteiger partial charge on any atom is -0.497 e. The maximum Gasteiger partial charge on any atom is 0.156 e. The van der Waals surface area contributed by atoms with E-state index in [1.165, 1.54) is 7.11 Å². The van der Waals surface area contributed by atoms with Crippen LogP contribution in [0.1, 0.15) is 18.5 Å². The zero-order valence-corrected chi connectivity index (χ0v) is 12.3. The number of nitrogens with two attached hydrogens (primary N) is 1. The van der Waals surface area contributed by atoms with Crippen LogP contribution >= 0.6 is 0 Å². The van der Waals surface area contributed by atoms with Crippen molar-refractivity contribution in [3.8, 4) is 11.5 Å². The molecule has 6 nitrogen and oxygen atoms in total. The molecular formula is C13H19NO5S. The van der Waals surface area contributed by atoms with Crippen molar-refractivity contribution in [2.75, 3.05) is 18.6 Å². The standard InChI is InChI=1S/C13H19NO5S/c1-8(14)10-4-3-9(18-2)5-12(10)19-13-7-20(16,17)6-11(13)15/h3-5,8,11,13,15H,6-7,14H2,1-2H3/t8-,11?,13?/m0/s1. The van der Waals surface area contributed by atoms with Gasteiger partial charge in [0.15, 0.2) is 9.84 Å². The quantitative estimate of drug-likeness (QED) is 0.827. The van der Waals surface area contributed by atoms with Crippen molar-refractivity contribution in [2.24, 2.45) is 5.73 Å². The molecule has 2 rings (SSSR count). The Morgan fingerprint density at radius 1 is 1.40 bits per heavy atom. The third kappa shape index (κ3) is 3.23. The highest BCUT2D eigenvalue weighted by atomic mass is 32.2. The predicted octanol–water partition coefficient (Wildman–Crippen LogP) is 0.252. The lowest BCUT2D eigenvalue weighted by Gasteiger charge is -2.20. The van der Waals surface area contributed by atoms with Crippen molar-refractivity contribution in [2.45, 2.75) is 25.2 Å². The van der Waals surface area contributed by atoms with E-state index in [1.54, 1.807) is 25.1 Å². The Labute approximate surface area is 118 Å². The minimum atomic E-state index is -3.25. The van der Waals surface area contributed by atoms with Crippen LogP contribution < -0.4 is 15.2 Å². The molecule has 3 atom stereocenters. The van der Waals surface area contributed by atoms with Gasteiger partial charge in [-0.25, -0.2) is 8.42 Å². The third-order valence-corrected chi connectivity index (χ3v) is 4.95. The van der Waals surface area contributed by atoms with Crippen LogP contribution in [0, 0.1) is 0 Å². The van der Waals surface area contributed by atoms with Gasteiger partial charge in [0.1, 0.15) is 23.7 Å². The fourth-order valence-electron chi connectivity index (χ4n) is 2.19. The van der Waals surface area contributed by atoms with Crippen LogP contribution in [0.15, 0.2) is 18.2 Å². The van der Waals surface area contributed by atoms with E-state index in [0.29, 0.717) is 11.5 Å². The SMILES string of the molecule is COc1ccc([C@H](C)N)c(OC2CS(=O)(=O)CC2O)c1. The summed E-state index contributed by atoms with van der Waals surface area (Å²) in [6.45, 7) is 1.80. The average Bonchev–Trinajstić information content (AvgIpc) is 2.61. The Balaban J connectivity index is 2.28. The van der Waals surface area contributed by atoms with E-state index in [1.807, 2.05) is 0 Å². The van der Waals surface area contributed by atoms with Gasteiger partial charge in [-0.1, -0.05) is 6.07 Å². The molecule has 1 aromatic carbocycles. The predicted molar refractivity (Wildman–Crippen MR) is 74.7 cm³/mol. The summed E-state index contributed by atoms with van der Waals surface area (Å²) < 4.78 is 33.8. The molecule has 20 heavy (non-hydrogen) atoms. The monoisotopic (exact) mass is 301 g/mol. The lowest BCUT2D eigenvalue weighted by atomic mass is 10.1. The molecule has 7 heteroatoms. The van der Waals surface area contributed by atoms with Crippen LogP contribution in [0.2, 0.25) is 0 Å². The molecule has 1 aliphatic heterocycles. The van der Waals surface area contributed by atoms with Crippen molar-refractivity contribution in [1.29, 1.82) is 0 Å². The first-order chi connectivity index (χ1) is 9.32. The molecule has 0 bridgehead atoms. The molecule has 1 fully saturated rings. The van der Waals surface area contributed by atoms with Gasteiger partial charge < -0.3 is 20.3 Å². The molecule has 0 aliphatic carbocycles. The normalized spacial score (nSPS) is 26.2. The van der Waals surface area contributed by atoms with Crippen LogP contribution in [-0.2, 0) is 9.84 Å². The molecule has 112 valence electrons. The number of sulfone groups is 1. The molecular weight excluding hydrogens is 282 g/mol. The zero-order chi connectivity index (χ0) is 14.9. The second-order valence-electron chi connectivity index (χ2n) is 4.99. The van der Waals surface area contributed by atoms with Crippen molar-refractivity contribution in [3.63, 3.8) is 0 Å². The van der Waals surface area contributed by atoms with E-state index < -0.39 is 22.0 Å². The van der Waals surface area contributed by atoms with Gasteiger partial charge in [0.25, 0.3) is 0 Å². The van der Waals surface area contributed by atoms with Gasteiger partial charge in [0.05, 0.1) is 18.6 Å². The van der Waals surface area contributed by atoms with Crippen LogP contribution in [0.25, 0.3) is 0 Å². The summed E-state index contributed by atoms with van der Waals surface area (Å²) in [6, 6.07) is 4.91. The van der Waals surface area contributed by atoms with Crippen LogP contribution in [-0.4, -0.2) is 44.3 Å². The summed E-state index contributed by atoms with van der Waals surface area (Å²) in [4.78, 5) is 0. The fourth-order valence-corrected chi connectivity index (χ4v) is 3.85. The maximum atomic E-state index is 11.5. The smallest absolute Gasteiger partial charge is 0.156 e. The van der Waals surface area contributed by atoms with Gasteiger partial charge in [-0.2, -0.15) is 0 Å². The second-order valence-corrected chi connectivity index (χ2v) is 7.15. The highest BCUT2D eigenvalue weighted by Gasteiger charge is 2.38. The van der Waals surface area contributed by atoms with Gasteiger partial charge in [-0.15, -0.1) is 0 Å². The summed E-state index contributed by atoms with van der Waals surface area (Å²) in [5.41, 5.74) is 6.60. The number of methoxy groups -OCH3 is 1. The summed E-state index contributed by atoms with van der Waals surface area (Å²) in [7, 11) is -1.72. The van der Waals surface area contributed by atoms with E-state index in [2.05, 4.69) is 0 Å². The second kappa shape index (κ2) is 5.59. The summed E-state index contributed by atoms with van der Waals surface area (Å²) >= 11 is 0. The van der Waals surface area contributed by atoms with Crippen molar-refractivity contribution < 1.29 is 23.0 Å². The van der Waals surface area contributed by atoms with Crippen LogP contribution in [0.4, 0.5) is 0 Å². The molecule has 0 aromatic heterocycles. The number of benzene rings is 1. The number of hydrogen-bond acceptors (Lipinski definition) is 6. The molecule has 1 saturated heterocycles. The Kier molecular flexibility index (Phi) is 4.22. The molecule has 2 unspecified atom stereocenters. The molecule has 1 heterocycles. The molecule has 0 saturated carbocycles. The van der Waals surface area contributed by atoms with E-state index in [-0.39, 0.29) is 17.5 Å². The summed E-state index contributed by atoms with van der Waals surface area (Å²) in [5.74, 6) is 0.569. The molecule has 1 aromatic rings. The van der Waals surface area contributed by atoms with Crippen LogP contribution in [0.5, 0.6) is 11.5 Å². The Hall–Kier alpha value is -1.31. The number of hydrogen-bond donors (Lipinski definition) is 2. The van der Waals surface area contributed by atoms with Gasteiger partial charge in [0, 0.05) is 17.7 Å². The summed E-state index contributed by atoms with van der Waals surface area (Å²) in [5, 5.41) is 9.78. The maximum absolute atomic E-state index is 11.5. The van der Waals surface area contributed by atoms with Crippen molar-refractivity contribution in [1.82, 2.24) is 0 Å². The molecule has 3 N–H and O–H groups in total.